The van der Waals surface area contributed by atoms with E-state index in [9.17, 15) is 4.79 Å². The fourth-order valence-corrected chi connectivity index (χ4v) is 2.95. The highest BCUT2D eigenvalue weighted by molar-refractivity contribution is 5.96. The van der Waals surface area contributed by atoms with Crippen molar-refractivity contribution in [3.05, 3.63) is 36.1 Å². The van der Waals surface area contributed by atoms with Crippen molar-refractivity contribution in [1.29, 1.82) is 0 Å². The van der Waals surface area contributed by atoms with Gasteiger partial charge in [0.2, 0.25) is 0 Å². The first kappa shape index (κ1) is 13.2. The Hall–Kier alpha value is -1.81. The number of amides is 1. The Labute approximate surface area is 118 Å². The summed E-state index contributed by atoms with van der Waals surface area (Å²) < 4.78 is 5.67. The van der Waals surface area contributed by atoms with Crippen molar-refractivity contribution in [3.63, 3.8) is 0 Å². The van der Waals surface area contributed by atoms with Gasteiger partial charge < -0.3 is 14.6 Å². The van der Waals surface area contributed by atoms with E-state index < -0.39 is 0 Å². The van der Waals surface area contributed by atoms with Crippen LogP contribution in [0.15, 0.2) is 34.7 Å². The van der Waals surface area contributed by atoms with E-state index in [-0.39, 0.29) is 5.91 Å². The normalized spacial score (nSPS) is 19.4. The minimum Gasteiger partial charge on any atom is -0.451 e. The third-order valence-corrected chi connectivity index (χ3v) is 3.94. The first-order chi connectivity index (χ1) is 9.78. The van der Waals surface area contributed by atoms with Gasteiger partial charge in [-0.25, -0.2) is 0 Å². The molecule has 2 heterocycles. The van der Waals surface area contributed by atoms with Gasteiger partial charge in [0.25, 0.3) is 5.91 Å². The molecule has 1 aliphatic rings. The summed E-state index contributed by atoms with van der Waals surface area (Å²) in [7, 11) is 1.96. The van der Waals surface area contributed by atoms with Gasteiger partial charge in [0.15, 0.2) is 5.76 Å². The summed E-state index contributed by atoms with van der Waals surface area (Å²) in [4.78, 5) is 14.5. The zero-order valence-corrected chi connectivity index (χ0v) is 11.8. The van der Waals surface area contributed by atoms with Crippen molar-refractivity contribution in [2.24, 2.45) is 5.92 Å². The lowest BCUT2D eigenvalue weighted by Crippen LogP contribution is -2.42. The van der Waals surface area contributed by atoms with E-state index in [1.54, 1.807) is 0 Å². The van der Waals surface area contributed by atoms with Crippen LogP contribution in [0.25, 0.3) is 11.0 Å². The average Bonchev–Trinajstić information content (AvgIpc) is 2.91. The van der Waals surface area contributed by atoms with E-state index in [4.69, 9.17) is 4.42 Å². The largest absolute Gasteiger partial charge is 0.451 e. The molecule has 1 N–H and O–H groups in total. The van der Waals surface area contributed by atoms with Gasteiger partial charge in [-0.05, 0) is 44.5 Å². The number of furan rings is 1. The van der Waals surface area contributed by atoms with E-state index in [1.165, 1.54) is 6.42 Å². The number of hydrogen-bond donors (Lipinski definition) is 1. The van der Waals surface area contributed by atoms with Gasteiger partial charge in [-0.3, -0.25) is 4.79 Å². The van der Waals surface area contributed by atoms with Crippen LogP contribution in [-0.4, -0.2) is 37.5 Å². The summed E-state index contributed by atoms with van der Waals surface area (Å²) in [6.07, 6.45) is 2.25. The zero-order chi connectivity index (χ0) is 13.9. The monoisotopic (exact) mass is 272 g/mol. The SMILES string of the molecule is CNCC1CCCN(C(=O)c2cc3ccccc3o2)C1. The number of carbonyl (C=O) groups excluding carboxylic acids is 1. The quantitative estimate of drug-likeness (QED) is 0.933. The second kappa shape index (κ2) is 5.67. The fourth-order valence-electron chi connectivity index (χ4n) is 2.95. The second-order valence-electron chi connectivity index (χ2n) is 5.47. The van der Waals surface area contributed by atoms with Crippen LogP contribution in [0, 0.1) is 5.92 Å². The summed E-state index contributed by atoms with van der Waals surface area (Å²) in [5.41, 5.74) is 0.777. The highest BCUT2D eigenvalue weighted by Gasteiger charge is 2.26. The van der Waals surface area contributed by atoms with Crippen LogP contribution >= 0.6 is 0 Å². The molecule has 0 saturated carbocycles. The molecule has 2 aromatic rings. The minimum atomic E-state index is 0.0157. The molecule has 1 saturated heterocycles. The van der Waals surface area contributed by atoms with Crippen molar-refractivity contribution in [2.75, 3.05) is 26.7 Å². The van der Waals surface area contributed by atoms with Gasteiger partial charge in [-0.15, -0.1) is 0 Å². The summed E-state index contributed by atoms with van der Waals surface area (Å²) in [5, 5.41) is 4.18. The molecule has 20 heavy (non-hydrogen) atoms. The molecule has 0 spiro atoms. The lowest BCUT2D eigenvalue weighted by molar-refractivity contribution is 0.0644. The van der Waals surface area contributed by atoms with Crippen molar-refractivity contribution >= 4 is 16.9 Å². The molecule has 106 valence electrons. The Morgan fingerprint density at radius 1 is 1.45 bits per heavy atom. The Morgan fingerprint density at radius 2 is 2.30 bits per heavy atom. The number of carbonyl (C=O) groups is 1. The maximum absolute atomic E-state index is 12.5. The number of benzene rings is 1. The Morgan fingerprint density at radius 3 is 3.10 bits per heavy atom. The van der Waals surface area contributed by atoms with E-state index in [0.29, 0.717) is 11.7 Å². The summed E-state index contributed by atoms with van der Waals surface area (Å²) >= 11 is 0. The average molecular weight is 272 g/mol. The molecule has 0 radical (unpaired) electrons. The molecule has 1 amide bonds. The first-order valence-corrected chi connectivity index (χ1v) is 7.20. The van der Waals surface area contributed by atoms with Crippen molar-refractivity contribution in [3.8, 4) is 0 Å². The number of para-hydroxylation sites is 1. The van der Waals surface area contributed by atoms with Gasteiger partial charge in [-0.2, -0.15) is 0 Å². The summed E-state index contributed by atoms with van der Waals surface area (Å²) in [5.74, 6) is 1.01. The van der Waals surface area contributed by atoms with Gasteiger partial charge >= 0.3 is 0 Å². The summed E-state index contributed by atoms with van der Waals surface area (Å²) in [6, 6.07) is 9.58. The van der Waals surface area contributed by atoms with Gasteiger partial charge in [0.1, 0.15) is 5.58 Å². The van der Waals surface area contributed by atoms with E-state index in [2.05, 4.69) is 5.32 Å². The van der Waals surface area contributed by atoms with Crippen LogP contribution in [0.2, 0.25) is 0 Å². The molecular formula is C16H20N2O2. The van der Waals surface area contributed by atoms with Crippen LogP contribution in [-0.2, 0) is 0 Å². The van der Waals surface area contributed by atoms with Crippen LogP contribution in [0.1, 0.15) is 23.4 Å². The molecule has 4 heteroatoms. The maximum atomic E-state index is 12.5. The van der Waals surface area contributed by atoms with Gasteiger partial charge in [0.05, 0.1) is 0 Å². The number of likely N-dealkylation sites (tertiary alicyclic amines) is 1. The number of hydrogen-bond acceptors (Lipinski definition) is 3. The molecule has 1 aliphatic heterocycles. The molecule has 3 rings (SSSR count). The van der Waals surface area contributed by atoms with Gasteiger partial charge in [-0.1, -0.05) is 18.2 Å². The molecule has 1 aromatic heterocycles. The zero-order valence-electron chi connectivity index (χ0n) is 11.8. The molecule has 0 bridgehead atoms. The molecule has 4 nitrogen and oxygen atoms in total. The minimum absolute atomic E-state index is 0.0157. The maximum Gasteiger partial charge on any atom is 0.289 e. The number of nitrogens with one attached hydrogen (secondary N) is 1. The predicted molar refractivity (Wildman–Crippen MR) is 78.8 cm³/mol. The predicted octanol–water partition coefficient (Wildman–Crippen LogP) is 2.50. The Balaban J connectivity index is 1.77. The third kappa shape index (κ3) is 2.56. The second-order valence-corrected chi connectivity index (χ2v) is 5.47. The molecule has 1 fully saturated rings. The number of nitrogens with zero attached hydrogens (tertiary/aromatic N) is 1. The fraction of sp³-hybridized carbons (Fsp3) is 0.438. The van der Waals surface area contributed by atoms with Crippen LogP contribution in [0.4, 0.5) is 0 Å². The molecule has 1 unspecified atom stereocenters. The van der Waals surface area contributed by atoms with Crippen molar-refractivity contribution in [2.45, 2.75) is 12.8 Å². The number of fused-ring (bicyclic) bond motifs is 1. The summed E-state index contributed by atoms with van der Waals surface area (Å²) in [6.45, 7) is 2.61. The van der Waals surface area contributed by atoms with Crippen molar-refractivity contribution in [1.82, 2.24) is 10.2 Å². The lowest BCUT2D eigenvalue weighted by atomic mass is 9.98. The number of rotatable bonds is 3. The van der Waals surface area contributed by atoms with E-state index in [1.807, 2.05) is 42.3 Å². The first-order valence-electron chi connectivity index (χ1n) is 7.20. The number of piperidine rings is 1. The smallest absolute Gasteiger partial charge is 0.289 e. The molecule has 0 aliphatic carbocycles. The topological polar surface area (TPSA) is 45.5 Å². The van der Waals surface area contributed by atoms with E-state index in [0.717, 1.165) is 37.0 Å². The van der Waals surface area contributed by atoms with Crippen molar-refractivity contribution < 1.29 is 9.21 Å². The highest BCUT2D eigenvalue weighted by atomic mass is 16.3. The standard InChI is InChI=1S/C16H20N2O2/c1-17-10-12-5-4-8-18(11-12)16(19)15-9-13-6-2-3-7-14(13)20-15/h2-3,6-7,9,12,17H,4-5,8,10-11H2,1H3. The Kier molecular flexibility index (Phi) is 3.74. The Bertz CT molecular complexity index is 570. The lowest BCUT2D eigenvalue weighted by Gasteiger charge is -2.32. The highest BCUT2D eigenvalue weighted by Crippen LogP contribution is 2.22. The van der Waals surface area contributed by atoms with Crippen LogP contribution < -0.4 is 5.32 Å². The van der Waals surface area contributed by atoms with Crippen LogP contribution in [0.3, 0.4) is 0 Å². The molecular weight excluding hydrogens is 252 g/mol. The molecule has 1 aromatic carbocycles. The molecule has 1 atom stereocenters. The third-order valence-electron chi connectivity index (χ3n) is 3.94. The van der Waals surface area contributed by atoms with Crippen LogP contribution in [0.5, 0.6) is 0 Å². The van der Waals surface area contributed by atoms with Gasteiger partial charge in [0, 0.05) is 18.5 Å². The van der Waals surface area contributed by atoms with E-state index >= 15 is 0 Å².